The maximum absolute atomic E-state index is 10.7. The largest absolute Gasteiger partial charge is 0.480 e. The third-order valence-corrected chi connectivity index (χ3v) is 3.27. The lowest BCUT2D eigenvalue weighted by molar-refractivity contribution is -0.138. The van der Waals surface area contributed by atoms with Crippen molar-refractivity contribution in [3.05, 3.63) is 0 Å². The number of carboxylic acid groups (broad SMARTS) is 1. The first-order chi connectivity index (χ1) is 8.22. The fourth-order valence-electron chi connectivity index (χ4n) is 1.77. The molecule has 0 amide bonds. The summed E-state index contributed by atoms with van der Waals surface area (Å²) < 4.78 is 0. The van der Waals surface area contributed by atoms with E-state index in [0.29, 0.717) is 5.75 Å². The summed E-state index contributed by atoms with van der Waals surface area (Å²) in [6, 6.07) is -0.497. The van der Waals surface area contributed by atoms with Gasteiger partial charge in [0.15, 0.2) is 0 Å². The second kappa shape index (κ2) is 12.2. The van der Waals surface area contributed by atoms with Crippen LogP contribution in [0.3, 0.4) is 0 Å². The molecule has 0 aromatic heterocycles. The first-order valence-electron chi connectivity index (χ1n) is 6.79. The predicted octanol–water partition coefficient (Wildman–Crippen LogP) is 3.10. The summed E-state index contributed by atoms with van der Waals surface area (Å²) in [6.45, 7) is 3.01. The van der Waals surface area contributed by atoms with Crippen LogP contribution >= 0.6 is 12.6 Å². The number of carboxylic acids is 1. The van der Waals surface area contributed by atoms with Gasteiger partial charge in [0.25, 0.3) is 0 Å². The van der Waals surface area contributed by atoms with Crippen LogP contribution in [0.15, 0.2) is 0 Å². The van der Waals surface area contributed by atoms with Crippen LogP contribution in [0.25, 0.3) is 0 Å². The molecule has 0 bridgehead atoms. The molecule has 0 radical (unpaired) electrons. The van der Waals surface area contributed by atoms with E-state index in [-0.39, 0.29) is 0 Å². The molecule has 1 unspecified atom stereocenters. The zero-order valence-electron chi connectivity index (χ0n) is 11.0. The van der Waals surface area contributed by atoms with Crippen molar-refractivity contribution < 1.29 is 9.90 Å². The average Bonchev–Trinajstić information content (AvgIpc) is 2.31. The van der Waals surface area contributed by atoms with Crippen molar-refractivity contribution in [1.29, 1.82) is 0 Å². The van der Waals surface area contributed by atoms with E-state index < -0.39 is 12.0 Å². The Morgan fingerprint density at radius 1 is 1.12 bits per heavy atom. The monoisotopic (exact) mass is 261 g/mol. The topological polar surface area (TPSA) is 49.3 Å². The minimum atomic E-state index is -0.806. The Balaban J connectivity index is 3.20. The van der Waals surface area contributed by atoms with Gasteiger partial charge in [0.2, 0.25) is 0 Å². The summed E-state index contributed by atoms with van der Waals surface area (Å²) in [5.41, 5.74) is 0. The van der Waals surface area contributed by atoms with Crippen LogP contribution in [-0.2, 0) is 4.79 Å². The highest BCUT2D eigenvalue weighted by Gasteiger charge is 2.13. The molecule has 0 saturated heterocycles. The SMILES string of the molecule is CCCCCCCCCCNC(CS)C(=O)O. The van der Waals surface area contributed by atoms with Crippen LogP contribution in [0, 0.1) is 0 Å². The molecule has 102 valence electrons. The lowest BCUT2D eigenvalue weighted by Crippen LogP contribution is -2.38. The van der Waals surface area contributed by atoms with Crippen LogP contribution in [0.1, 0.15) is 58.3 Å². The van der Waals surface area contributed by atoms with E-state index >= 15 is 0 Å². The van der Waals surface area contributed by atoms with Gasteiger partial charge in [0.1, 0.15) is 6.04 Å². The zero-order valence-corrected chi connectivity index (χ0v) is 11.8. The first-order valence-corrected chi connectivity index (χ1v) is 7.42. The summed E-state index contributed by atoms with van der Waals surface area (Å²) >= 11 is 4.00. The van der Waals surface area contributed by atoms with Crippen molar-refractivity contribution in [1.82, 2.24) is 5.32 Å². The molecule has 0 saturated carbocycles. The van der Waals surface area contributed by atoms with Crippen molar-refractivity contribution in [2.75, 3.05) is 12.3 Å². The van der Waals surface area contributed by atoms with Gasteiger partial charge in [-0.15, -0.1) is 0 Å². The number of aliphatic carboxylic acids is 1. The highest BCUT2D eigenvalue weighted by molar-refractivity contribution is 7.80. The van der Waals surface area contributed by atoms with Gasteiger partial charge >= 0.3 is 5.97 Å². The van der Waals surface area contributed by atoms with Gasteiger partial charge in [-0.3, -0.25) is 4.79 Å². The van der Waals surface area contributed by atoms with Crippen LogP contribution in [0.5, 0.6) is 0 Å². The van der Waals surface area contributed by atoms with Crippen molar-refractivity contribution in [2.24, 2.45) is 0 Å². The molecule has 0 fully saturated rings. The third kappa shape index (κ3) is 10.6. The van der Waals surface area contributed by atoms with Crippen molar-refractivity contribution >= 4 is 18.6 Å². The molecule has 0 aliphatic rings. The fourth-order valence-corrected chi connectivity index (χ4v) is 2.05. The van der Waals surface area contributed by atoms with Crippen LogP contribution < -0.4 is 5.32 Å². The van der Waals surface area contributed by atoms with Gasteiger partial charge in [0.05, 0.1) is 0 Å². The fraction of sp³-hybridized carbons (Fsp3) is 0.923. The lowest BCUT2D eigenvalue weighted by atomic mass is 10.1. The Labute approximate surface area is 111 Å². The minimum absolute atomic E-state index is 0.354. The molecule has 3 nitrogen and oxygen atoms in total. The number of thiol groups is 1. The second-order valence-electron chi connectivity index (χ2n) is 4.50. The number of hydrogen-bond donors (Lipinski definition) is 3. The number of rotatable bonds is 12. The molecule has 0 aromatic rings. The van der Waals surface area contributed by atoms with Crippen LogP contribution in [0.4, 0.5) is 0 Å². The number of hydrogen-bond acceptors (Lipinski definition) is 3. The maximum atomic E-state index is 10.7. The van der Waals surface area contributed by atoms with E-state index in [0.717, 1.165) is 13.0 Å². The Kier molecular flexibility index (Phi) is 12.1. The van der Waals surface area contributed by atoms with E-state index in [1.807, 2.05) is 0 Å². The van der Waals surface area contributed by atoms with E-state index in [1.165, 1.54) is 44.9 Å². The second-order valence-corrected chi connectivity index (χ2v) is 4.87. The van der Waals surface area contributed by atoms with Crippen molar-refractivity contribution in [3.63, 3.8) is 0 Å². The summed E-state index contributed by atoms with van der Waals surface area (Å²) in [7, 11) is 0. The van der Waals surface area contributed by atoms with E-state index in [1.54, 1.807) is 0 Å². The van der Waals surface area contributed by atoms with Crippen molar-refractivity contribution in [2.45, 2.75) is 64.3 Å². The van der Waals surface area contributed by atoms with Crippen LogP contribution in [-0.4, -0.2) is 29.4 Å². The minimum Gasteiger partial charge on any atom is -0.480 e. The molecule has 0 aliphatic carbocycles. The number of nitrogens with one attached hydrogen (secondary N) is 1. The van der Waals surface area contributed by atoms with Crippen LogP contribution in [0.2, 0.25) is 0 Å². The maximum Gasteiger partial charge on any atom is 0.321 e. The molecule has 0 heterocycles. The number of unbranched alkanes of at least 4 members (excludes halogenated alkanes) is 7. The summed E-state index contributed by atoms with van der Waals surface area (Å²) in [5.74, 6) is -0.452. The quantitative estimate of drug-likeness (QED) is 0.374. The normalized spacial score (nSPS) is 12.6. The predicted molar refractivity (Wildman–Crippen MR) is 75.9 cm³/mol. The summed E-state index contributed by atoms with van der Waals surface area (Å²) in [6.07, 6.45) is 10.2. The van der Waals surface area contributed by atoms with Gasteiger partial charge in [-0.25, -0.2) is 0 Å². The molecule has 17 heavy (non-hydrogen) atoms. The molecule has 0 aromatic carbocycles. The Hall–Kier alpha value is -0.220. The highest BCUT2D eigenvalue weighted by Crippen LogP contribution is 2.07. The van der Waals surface area contributed by atoms with E-state index in [9.17, 15) is 4.79 Å². The molecule has 4 heteroatoms. The van der Waals surface area contributed by atoms with E-state index in [4.69, 9.17) is 5.11 Å². The third-order valence-electron chi connectivity index (χ3n) is 2.90. The highest BCUT2D eigenvalue weighted by atomic mass is 32.1. The van der Waals surface area contributed by atoms with Gasteiger partial charge in [0, 0.05) is 5.75 Å². The number of carbonyl (C=O) groups is 1. The lowest BCUT2D eigenvalue weighted by Gasteiger charge is -2.11. The molecule has 2 N–H and O–H groups in total. The standard InChI is InChI=1S/C13H27NO2S/c1-2-3-4-5-6-7-8-9-10-14-12(11-17)13(15)16/h12,14,17H,2-11H2,1H3,(H,15,16). The molecule has 0 aliphatic heterocycles. The van der Waals surface area contributed by atoms with Gasteiger partial charge in [-0.05, 0) is 13.0 Å². The Morgan fingerprint density at radius 3 is 2.12 bits per heavy atom. The van der Waals surface area contributed by atoms with Gasteiger partial charge in [-0.2, -0.15) is 12.6 Å². The molecular formula is C13H27NO2S. The average molecular weight is 261 g/mol. The van der Waals surface area contributed by atoms with E-state index in [2.05, 4.69) is 24.9 Å². The molecule has 0 rings (SSSR count). The Morgan fingerprint density at radius 2 is 1.65 bits per heavy atom. The van der Waals surface area contributed by atoms with Gasteiger partial charge < -0.3 is 10.4 Å². The zero-order chi connectivity index (χ0) is 12.9. The summed E-state index contributed by atoms with van der Waals surface area (Å²) in [4.78, 5) is 10.7. The molecular weight excluding hydrogens is 234 g/mol. The Bertz CT molecular complexity index is 188. The molecule has 0 spiro atoms. The van der Waals surface area contributed by atoms with Gasteiger partial charge in [-0.1, -0.05) is 51.9 Å². The summed E-state index contributed by atoms with van der Waals surface area (Å²) in [5, 5.41) is 11.8. The van der Waals surface area contributed by atoms with Crippen molar-refractivity contribution in [3.8, 4) is 0 Å². The smallest absolute Gasteiger partial charge is 0.321 e. The molecule has 1 atom stereocenters. The first kappa shape index (κ1) is 16.8.